The molecule has 8 heteroatoms. The van der Waals surface area contributed by atoms with Gasteiger partial charge in [-0.05, 0) is 47.6 Å². The van der Waals surface area contributed by atoms with Gasteiger partial charge in [0, 0.05) is 13.1 Å². The molecule has 1 aliphatic rings. The number of pyridine rings is 1. The molecule has 0 atom stereocenters. The van der Waals surface area contributed by atoms with Crippen LogP contribution in [0.2, 0.25) is 0 Å². The molecular weight excluding hydrogens is 348 g/mol. The summed E-state index contributed by atoms with van der Waals surface area (Å²) >= 11 is 0. The van der Waals surface area contributed by atoms with E-state index in [1.165, 1.54) is 6.07 Å². The molecule has 1 N–H and O–H groups in total. The van der Waals surface area contributed by atoms with E-state index in [0.717, 1.165) is 0 Å². The highest BCUT2D eigenvalue weighted by Gasteiger charge is 2.32. The second-order valence-corrected chi connectivity index (χ2v) is 7.81. The molecule has 8 nitrogen and oxygen atoms in total. The molecule has 146 valence electrons. The lowest BCUT2D eigenvalue weighted by molar-refractivity contribution is 0.0375. The Morgan fingerprint density at radius 3 is 2.52 bits per heavy atom. The van der Waals surface area contributed by atoms with Gasteiger partial charge in [-0.15, -0.1) is 0 Å². The van der Waals surface area contributed by atoms with Gasteiger partial charge in [0.15, 0.2) is 0 Å². The molecule has 1 saturated heterocycles. The predicted molar refractivity (Wildman–Crippen MR) is 99.6 cm³/mol. The lowest BCUT2D eigenvalue weighted by Crippen LogP contribution is -2.60. The molecule has 2 heterocycles. The average Bonchev–Trinajstić information content (AvgIpc) is 2.47. The normalized spacial score (nSPS) is 14.4. The Labute approximate surface area is 159 Å². The fourth-order valence-corrected chi connectivity index (χ4v) is 2.62. The molecule has 1 fully saturated rings. The summed E-state index contributed by atoms with van der Waals surface area (Å²) in [6.07, 6.45) is -0.722. The largest absolute Gasteiger partial charge is 0.459 e. The van der Waals surface area contributed by atoms with Gasteiger partial charge in [0.2, 0.25) is 0 Å². The van der Waals surface area contributed by atoms with Crippen molar-refractivity contribution < 1.29 is 19.1 Å². The number of hydrogen-bond donors (Lipinski definition) is 1. The van der Waals surface area contributed by atoms with Crippen molar-refractivity contribution in [1.29, 1.82) is 5.26 Å². The maximum atomic E-state index is 12.1. The molecule has 0 radical (unpaired) electrons. The fraction of sp³-hybridized carbons (Fsp3) is 0.579. The quantitative estimate of drug-likeness (QED) is 0.808. The molecule has 0 aromatic carbocycles. The SMILES string of the molecule is Cc1nc(N2CC(NC(=O)OC(C)(C)C)C2)c(C#N)cc1C(=O)OC(C)C. The number of rotatable bonds is 4. The van der Waals surface area contributed by atoms with Crippen molar-refractivity contribution in [3.63, 3.8) is 0 Å². The number of alkyl carbamates (subject to hydrolysis) is 1. The molecule has 0 unspecified atom stereocenters. The highest BCUT2D eigenvalue weighted by Crippen LogP contribution is 2.26. The van der Waals surface area contributed by atoms with Gasteiger partial charge in [0.1, 0.15) is 17.5 Å². The molecule has 1 aromatic heterocycles. The summed E-state index contributed by atoms with van der Waals surface area (Å²) < 4.78 is 10.4. The minimum absolute atomic E-state index is 0.0842. The maximum Gasteiger partial charge on any atom is 0.407 e. The number of aryl methyl sites for hydroxylation is 1. The summed E-state index contributed by atoms with van der Waals surface area (Å²) in [5.74, 6) is 0.00413. The lowest BCUT2D eigenvalue weighted by atomic mass is 10.1. The molecule has 1 amide bonds. The number of anilines is 1. The third kappa shape index (κ3) is 5.33. The number of amides is 1. The summed E-state index contributed by atoms with van der Waals surface area (Å²) in [4.78, 5) is 30.3. The summed E-state index contributed by atoms with van der Waals surface area (Å²) in [5, 5.41) is 12.2. The zero-order valence-corrected chi connectivity index (χ0v) is 16.6. The Kier molecular flexibility index (Phi) is 5.94. The summed E-state index contributed by atoms with van der Waals surface area (Å²) in [5.41, 5.74) is 0.527. The fourth-order valence-electron chi connectivity index (χ4n) is 2.62. The standard InChI is InChI=1S/C19H26N4O4/c1-11(2)26-17(24)15-7-13(8-20)16(21-12(15)3)23-9-14(10-23)22-18(25)27-19(4,5)6/h7,11,14H,9-10H2,1-6H3,(H,22,25). The molecule has 0 bridgehead atoms. The van der Waals surface area contributed by atoms with Crippen LogP contribution >= 0.6 is 0 Å². The van der Waals surface area contributed by atoms with Crippen molar-refractivity contribution >= 4 is 17.9 Å². The Balaban J connectivity index is 2.06. The molecule has 0 saturated carbocycles. The molecule has 0 aliphatic carbocycles. The summed E-state index contributed by atoms with van der Waals surface area (Å²) in [7, 11) is 0. The van der Waals surface area contributed by atoms with E-state index in [0.29, 0.717) is 30.2 Å². The number of aromatic nitrogens is 1. The van der Waals surface area contributed by atoms with Crippen LogP contribution in [0.1, 0.15) is 56.2 Å². The van der Waals surface area contributed by atoms with Gasteiger partial charge in [-0.25, -0.2) is 14.6 Å². The van der Waals surface area contributed by atoms with E-state index in [2.05, 4.69) is 16.4 Å². The number of ether oxygens (including phenoxy) is 2. The van der Waals surface area contributed by atoms with Gasteiger partial charge in [-0.1, -0.05) is 0 Å². The molecule has 2 rings (SSSR count). The van der Waals surface area contributed by atoms with Crippen LogP contribution in [0.15, 0.2) is 6.07 Å². The average molecular weight is 374 g/mol. The van der Waals surface area contributed by atoms with E-state index in [1.807, 2.05) is 4.90 Å². The van der Waals surface area contributed by atoms with Crippen molar-refractivity contribution in [3.05, 3.63) is 22.9 Å². The minimum atomic E-state index is -0.555. The molecule has 27 heavy (non-hydrogen) atoms. The van der Waals surface area contributed by atoms with Gasteiger partial charge in [-0.3, -0.25) is 0 Å². The third-order valence-electron chi connectivity index (χ3n) is 3.78. The Hall–Kier alpha value is -2.82. The summed E-state index contributed by atoms with van der Waals surface area (Å²) in [6.45, 7) is 11.7. The number of hydrogen-bond acceptors (Lipinski definition) is 7. The van der Waals surface area contributed by atoms with Crippen LogP contribution < -0.4 is 10.2 Å². The second-order valence-electron chi connectivity index (χ2n) is 7.81. The third-order valence-corrected chi connectivity index (χ3v) is 3.78. The predicted octanol–water partition coefficient (Wildman–Crippen LogP) is 2.54. The second kappa shape index (κ2) is 7.82. The van der Waals surface area contributed by atoms with Crippen LogP contribution in [0.25, 0.3) is 0 Å². The minimum Gasteiger partial charge on any atom is -0.459 e. The van der Waals surface area contributed by atoms with Gasteiger partial charge in [-0.2, -0.15) is 5.26 Å². The van der Waals surface area contributed by atoms with Gasteiger partial charge in [0.25, 0.3) is 0 Å². The van der Waals surface area contributed by atoms with Crippen LogP contribution in [-0.2, 0) is 9.47 Å². The zero-order valence-electron chi connectivity index (χ0n) is 16.6. The first-order valence-corrected chi connectivity index (χ1v) is 8.87. The lowest BCUT2D eigenvalue weighted by Gasteiger charge is -2.41. The number of carbonyl (C=O) groups excluding carboxylic acids is 2. The highest BCUT2D eigenvalue weighted by molar-refractivity contribution is 5.91. The highest BCUT2D eigenvalue weighted by atomic mass is 16.6. The van der Waals surface area contributed by atoms with Crippen LogP contribution in [0.5, 0.6) is 0 Å². The Morgan fingerprint density at radius 1 is 1.37 bits per heavy atom. The van der Waals surface area contributed by atoms with Crippen molar-refractivity contribution in [2.75, 3.05) is 18.0 Å². The monoisotopic (exact) mass is 374 g/mol. The van der Waals surface area contributed by atoms with Crippen LogP contribution in [0.4, 0.5) is 10.6 Å². The van der Waals surface area contributed by atoms with Crippen LogP contribution in [0.3, 0.4) is 0 Å². The van der Waals surface area contributed by atoms with Crippen molar-refractivity contribution in [2.45, 2.75) is 59.3 Å². The van der Waals surface area contributed by atoms with Gasteiger partial charge in [0.05, 0.1) is 29.0 Å². The first-order valence-electron chi connectivity index (χ1n) is 8.87. The zero-order chi connectivity index (χ0) is 20.4. The van der Waals surface area contributed by atoms with Crippen molar-refractivity contribution in [3.8, 4) is 6.07 Å². The molecule has 1 aromatic rings. The maximum absolute atomic E-state index is 12.1. The number of nitriles is 1. The first-order chi connectivity index (χ1) is 12.5. The van der Waals surface area contributed by atoms with Gasteiger partial charge >= 0.3 is 12.1 Å². The number of esters is 1. The number of carbonyl (C=O) groups is 2. The smallest absolute Gasteiger partial charge is 0.407 e. The Morgan fingerprint density at radius 2 is 2.00 bits per heavy atom. The molecular formula is C19H26N4O4. The van der Waals surface area contributed by atoms with Crippen LogP contribution in [0, 0.1) is 18.3 Å². The van der Waals surface area contributed by atoms with E-state index < -0.39 is 17.7 Å². The number of nitrogens with zero attached hydrogens (tertiary/aromatic N) is 3. The first kappa shape index (κ1) is 20.5. The van der Waals surface area contributed by atoms with Gasteiger partial charge < -0.3 is 19.7 Å². The van der Waals surface area contributed by atoms with E-state index in [4.69, 9.17) is 9.47 Å². The summed E-state index contributed by atoms with van der Waals surface area (Å²) in [6, 6.07) is 3.51. The van der Waals surface area contributed by atoms with E-state index in [9.17, 15) is 14.9 Å². The van der Waals surface area contributed by atoms with Crippen LogP contribution in [-0.4, -0.2) is 47.9 Å². The topological polar surface area (TPSA) is 105 Å². The molecule has 0 spiro atoms. The van der Waals surface area contributed by atoms with E-state index in [1.54, 1.807) is 41.5 Å². The van der Waals surface area contributed by atoms with E-state index in [-0.39, 0.29) is 17.7 Å². The van der Waals surface area contributed by atoms with E-state index >= 15 is 0 Å². The molecule has 1 aliphatic heterocycles. The van der Waals surface area contributed by atoms with Crippen molar-refractivity contribution in [2.24, 2.45) is 0 Å². The Bertz CT molecular complexity index is 771. The number of nitrogens with one attached hydrogen (secondary N) is 1. The van der Waals surface area contributed by atoms with Crippen molar-refractivity contribution in [1.82, 2.24) is 10.3 Å².